The van der Waals surface area contributed by atoms with E-state index < -0.39 is 21.8 Å². The third kappa shape index (κ3) is 10.5. The Kier molecular flexibility index (Phi) is 15.6. The predicted octanol–water partition coefficient (Wildman–Crippen LogP) is 8.58. The van der Waals surface area contributed by atoms with Crippen LogP contribution in [-0.2, 0) is 25.2 Å². The van der Waals surface area contributed by atoms with Gasteiger partial charge in [-0.2, -0.15) is 37.1 Å². The van der Waals surface area contributed by atoms with Gasteiger partial charge in [0.15, 0.2) is 0 Å². The molecule has 0 aliphatic heterocycles. The maximum atomic E-state index is 9.00. The Morgan fingerprint density at radius 1 is 0.429 bits per heavy atom. The van der Waals surface area contributed by atoms with Crippen molar-refractivity contribution >= 4 is 53.6 Å². The number of rotatable bonds is 6. The second kappa shape index (κ2) is 19.3. The summed E-state index contributed by atoms with van der Waals surface area (Å²) < 4.78 is 0. The molecule has 6 aromatic carbocycles. The average molecular weight is 773 g/mol. The molecule has 0 fully saturated rings. The van der Waals surface area contributed by atoms with Crippen molar-refractivity contribution in [1.82, 2.24) is 0 Å². The van der Waals surface area contributed by atoms with Gasteiger partial charge in [0.25, 0.3) is 5.97 Å². The normalized spacial score (nSPS) is 10.3. The van der Waals surface area contributed by atoms with E-state index in [0.717, 1.165) is 18.1 Å². The summed E-state index contributed by atoms with van der Waals surface area (Å²) in [6.45, 7) is 18.4. The summed E-state index contributed by atoms with van der Waals surface area (Å²) in [7, 11) is -1.14. The summed E-state index contributed by atoms with van der Waals surface area (Å²) in [6, 6.07) is 51.9. The van der Waals surface area contributed by atoms with Crippen LogP contribution in [0.3, 0.4) is 0 Å². The third-order valence-corrected chi connectivity index (χ3v) is 13.7. The summed E-state index contributed by atoms with van der Waals surface area (Å²) in [5.74, 6) is -0.833. The Morgan fingerprint density at radius 2 is 0.612 bits per heavy atom. The average Bonchev–Trinajstić information content (AvgIpc) is 3.06. The van der Waals surface area contributed by atoms with Gasteiger partial charge in [-0.05, 0) is 71.2 Å². The van der Waals surface area contributed by atoms with Crippen LogP contribution in [0.2, 0.25) is 0 Å². The molecule has 252 valence electrons. The van der Waals surface area contributed by atoms with Crippen LogP contribution in [0.4, 0.5) is 0 Å². The fourth-order valence-electron chi connectivity index (χ4n) is 5.49. The van der Waals surface area contributed by atoms with Gasteiger partial charge in [0, 0.05) is 6.92 Å². The van der Waals surface area contributed by atoms with E-state index in [1.807, 2.05) is 0 Å². The van der Waals surface area contributed by atoms with E-state index in [1.54, 1.807) is 0 Å². The largest absolute Gasteiger partial charge is 2.00 e. The van der Waals surface area contributed by atoms with Gasteiger partial charge in [-0.15, -0.1) is 34.9 Å². The van der Waals surface area contributed by atoms with Crippen molar-refractivity contribution < 1.29 is 30.3 Å². The van der Waals surface area contributed by atoms with E-state index >= 15 is 0 Å². The number of aryl methyl sites for hydroxylation is 4. The van der Waals surface area contributed by atoms with Gasteiger partial charge >= 0.3 is 20.4 Å². The fourth-order valence-corrected chi connectivity index (χ4v) is 10.9. The summed E-state index contributed by atoms with van der Waals surface area (Å²) in [6.07, 6.45) is 0. The minimum atomic E-state index is -0.833. The first-order valence-electron chi connectivity index (χ1n) is 15.9. The van der Waals surface area contributed by atoms with Crippen LogP contribution in [0.25, 0.3) is 0 Å². The van der Waals surface area contributed by atoms with E-state index in [-0.39, 0.29) is 20.4 Å². The van der Waals surface area contributed by atoms with Gasteiger partial charge in [-0.25, -0.2) is 0 Å². The molecule has 0 aliphatic carbocycles. The minimum Gasteiger partial charge on any atom is -0.481 e. The van der Waals surface area contributed by atoms with Crippen molar-refractivity contribution in [2.75, 3.05) is 0 Å². The number of carboxylic acids is 1. The molecule has 49 heavy (non-hydrogen) atoms. The van der Waals surface area contributed by atoms with Crippen LogP contribution in [-0.4, -0.2) is 11.1 Å². The topological polar surface area (TPSA) is 37.3 Å². The first kappa shape index (κ1) is 39.5. The third-order valence-electron chi connectivity index (χ3n) is 7.89. The predicted molar refractivity (Wildman–Crippen MR) is 211 cm³/mol. The molecule has 0 bridgehead atoms. The Morgan fingerprint density at radius 3 is 0.816 bits per heavy atom. The number of carboxylic acid groups (broad SMARTS) is 1. The first-order valence-corrected chi connectivity index (χ1v) is 18.6. The first-order chi connectivity index (χ1) is 23.1. The fraction of sp³-hybridized carbons (Fsp3) is 0.114. The molecule has 0 saturated heterocycles. The number of hydrogen-bond donors (Lipinski definition) is 1. The molecule has 5 heteroatoms. The zero-order chi connectivity index (χ0) is 34.6. The molecule has 0 amide bonds. The number of hydrogen-bond acceptors (Lipinski definition) is 1. The minimum absolute atomic E-state index is 0. The summed E-state index contributed by atoms with van der Waals surface area (Å²) in [5.41, 5.74) is 7.64. The molecule has 6 rings (SSSR count). The second-order valence-corrected chi connectivity index (χ2v) is 15.8. The van der Waals surface area contributed by atoms with Crippen molar-refractivity contribution in [3.63, 3.8) is 0 Å². The van der Waals surface area contributed by atoms with Gasteiger partial charge in [-0.3, -0.25) is 4.79 Å². The van der Waals surface area contributed by atoms with E-state index in [1.165, 1.54) is 54.1 Å². The number of aliphatic carboxylic acids is 1. The molecule has 0 aromatic heterocycles. The number of benzene rings is 6. The van der Waals surface area contributed by atoms with E-state index in [4.69, 9.17) is 9.90 Å². The summed E-state index contributed by atoms with van der Waals surface area (Å²) in [4.78, 5) is 9.00. The molecule has 6 aromatic rings. The Labute approximate surface area is 309 Å². The molecule has 0 spiro atoms. The van der Waals surface area contributed by atoms with Gasteiger partial charge < -0.3 is 5.11 Å². The van der Waals surface area contributed by atoms with Crippen molar-refractivity contribution in [3.8, 4) is 0 Å². The van der Waals surface area contributed by atoms with Crippen LogP contribution >= 0.6 is 15.8 Å². The van der Waals surface area contributed by atoms with Crippen LogP contribution < -0.4 is 31.8 Å². The quantitative estimate of drug-likeness (QED) is 0.105. The second-order valence-electron chi connectivity index (χ2n) is 11.6. The van der Waals surface area contributed by atoms with E-state index in [2.05, 4.69) is 187 Å². The number of carbonyl (C=O) groups is 1. The van der Waals surface area contributed by atoms with Crippen LogP contribution in [0, 0.1) is 41.5 Å². The Hall–Kier alpha value is -3.95. The van der Waals surface area contributed by atoms with Crippen molar-refractivity contribution in [2.24, 2.45) is 0 Å². The molecule has 0 heterocycles. The van der Waals surface area contributed by atoms with Gasteiger partial charge in [0.05, 0.1) is 0 Å². The van der Waals surface area contributed by atoms with Gasteiger partial charge in [0.2, 0.25) is 0 Å². The molecule has 0 atom stereocenters. The van der Waals surface area contributed by atoms with Crippen molar-refractivity contribution in [3.05, 3.63) is 193 Å². The summed E-state index contributed by atoms with van der Waals surface area (Å²) in [5, 5.41) is 15.8. The molecule has 0 unspecified atom stereocenters. The molecular formula is C44H44O2P2Pd. The van der Waals surface area contributed by atoms with Crippen molar-refractivity contribution in [2.45, 2.75) is 34.6 Å². The SMILES string of the molecule is CC(=O)O.[CH2-]c1ccccc1P(c1ccccc1C)c1ccccc1C.[CH2-]c1ccccc1P(c1ccccc1C)c1ccccc1C.[Pd+2]. The monoisotopic (exact) mass is 772 g/mol. The van der Waals surface area contributed by atoms with E-state index in [9.17, 15) is 0 Å². The molecular weight excluding hydrogens is 729 g/mol. The maximum absolute atomic E-state index is 9.00. The van der Waals surface area contributed by atoms with Gasteiger partial charge in [0.1, 0.15) is 0 Å². The maximum Gasteiger partial charge on any atom is 2.00 e. The Balaban J connectivity index is 0.000000235. The summed E-state index contributed by atoms with van der Waals surface area (Å²) >= 11 is 0. The zero-order valence-corrected chi connectivity index (χ0v) is 32.2. The molecule has 0 radical (unpaired) electrons. The molecule has 1 N–H and O–H groups in total. The van der Waals surface area contributed by atoms with Crippen LogP contribution in [0.5, 0.6) is 0 Å². The molecule has 0 aliphatic rings. The van der Waals surface area contributed by atoms with E-state index in [0.29, 0.717) is 0 Å². The Bertz CT molecular complexity index is 1610. The smallest absolute Gasteiger partial charge is 0.481 e. The standard InChI is InChI=1S/2C21H20P.C2H4O2.Pd/c2*1-16-10-4-7-13-19(16)22(20-14-8-5-11-17(20)2)21-15-9-6-12-18(21)3;1-2(3)4;/h2*4-15H,1H2,2-3H3;1H3,(H,3,4);/q2*-1;;+2. The van der Waals surface area contributed by atoms with Crippen molar-refractivity contribution in [1.29, 1.82) is 0 Å². The van der Waals surface area contributed by atoms with Crippen LogP contribution in [0.15, 0.2) is 146 Å². The zero-order valence-electron chi connectivity index (χ0n) is 28.8. The van der Waals surface area contributed by atoms with Crippen LogP contribution in [0.1, 0.15) is 40.3 Å². The molecule has 0 saturated carbocycles. The molecule has 2 nitrogen and oxygen atoms in total. The van der Waals surface area contributed by atoms with Gasteiger partial charge in [-0.1, -0.05) is 125 Å².